The van der Waals surface area contributed by atoms with E-state index in [1.54, 1.807) is 20.8 Å². The van der Waals surface area contributed by atoms with Crippen molar-refractivity contribution < 1.29 is 14.4 Å². The average Bonchev–Trinajstić information content (AvgIpc) is 2.39. The van der Waals surface area contributed by atoms with Crippen LogP contribution in [0.15, 0.2) is 0 Å². The zero-order valence-corrected chi connectivity index (χ0v) is 9.66. The number of hydrogen-bond donors (Lipinski definition) is 0. The molecule has 1 rings (SSSR count). The molecule has 4 heteroatoms. The third-order valence-corrected chi connectivity index (χ3v) is 2.58. The number of imide groups is 3. The van der Waals surface area contributed by atoms with Crippen molar-refractivity contribution in [3.63, 3.8) is 0 Å². The second-order valence-electron chi connectivity index (χ2n) is 4.93. The Morgan fingerprint density at radius 2 is 1.93 bits per heavy atom. The maximum absolute atomic E-state index is 11.8. The van der Waals surface area contributed by atoms with Crippen molar-refractivity contribution >= 4 is 17.7 Å². The highest BCUT2D eigenvalue weighted by Gasteiger charge is 2.44. The Morgan fingerprint density at radius 1 is 1.40 bits per heavy atom. The number of hydrogen-bond acceptors (Lipinski definition) is 3. The van der Waals surface area contributed by atoms with Gasteiger partial charge in [0.1, 0.15) is 0 Å². The Balaban J connectivity index is 2.93. The van der Waals surface area contributed by atoms with Gasteiger partial charge in [-0.1, -0.05) is 27.7 Å². The maximum Gasteiger partial charge on any atom is 0.241 e. The average molecular weight is 211 g/mol. The van der Waals surface area contributed by atoms with Crippen molar-refractivity contribution in [2.75, 3.05) is 0 Å². The Labute approximate surface area is 89.6 Å². The molecule has 1 aliphatic rings. The molecule has 0 aromatic heterocycles. The minimum absolute atomic E-state index is 0.178. The van der Waals surface area contributed by atoms with Crippen molar-refractivity contribution in [3.8, 4) is 0 Å². The van der Waals surface area contributed by atoms with Crippen LogP contribution < -0.4 is 0 Å². The zero-order chi connectivity index (χ0) is 11.8. The Hall–Kier alpha value is -1.19. The molecule has 1 aliphatic heterocycles. The van der Waals surface area contributed by atoms with E-state index in [4.69, 9.17) is 0 Å². The summed E-state index contributed by atoms with van der Waals surface area (Å²) in [6, 6.07) is 0. The Morgan fingerprint density at radius 3 is 2.27 bits per heavy atom. The molecule has 0 radical (unpaired) electrons. The monoisotopic (exact) mass is 211 g/mol. The van der Waals surface area contributed by atoms with Gasteiger partial charge >= 0.3 is 0 Å². The predicted molar refractivity (Wildman–Crippen MR) is 54.7 cm³/mol. The van der Waals surface area contributed by atoms with E-state index < -0.39 is 11.3 Å². The van der Waals surface area contributed by atoms with Crippen LogP contribution in [0.5, 0.6) is 0 Å². The maximum atomic E-state index is 11.8. The topological polar surface area (TPSA) is 54.5 Å². The van der Waals surface area contributed by atoms with Crippen molar-refractivity contribution in [1.82, 2.24) is 4.90 Å². The lowest BCUT2D eigenvalue weighted by atomic mass is 9.95. The highest BCUT2D eigenvalue weighted by molar-refractivity contribution is 6.17. The molecule has 0 saturated carbocycles. The molecule has 15 heavy (non-hydrogen) atoms. The molecule has 0 N–H and O–H groups in total. The molecule has 0 aromatic carbocycles. The normalized spacial score (nSPS) is 22.4. The van der Waals surface area contributed by atoms with Crippen LogP contribution >= 0.6 is 0 Å². The van der Waals surface area contributed by atoms with Crippen LogP contribution in [0, 0.1) is 11.3 Å². The summed E-state index contributed by atoms with van der Waals surface area (Å²) in [5, 5.41) is 0. The summed E-state index contributed by atoms with van der Waals surface area (Å²) in [5.74, 6) is -1.38. The van der Waals surface area contributed by atoms with Gasteiger partial charge in [0.2, 0.25) is 17.7 Å². The summed E-state index contributed by atoms with van der Waals surface area (Å²) in [6.07, 6.45) is 0.787. The molecule has 0 aromatic rings. The molecule has 4 nitrogen and oxygen atoms in total. The number of carbonyl (C=O) groups excluding carboxylic acids is 3. The summed E-state index contributed by atoms with van der Waals surface area (Å²) in [6.45, 7) is 6.96. The third kappa shape index (κ3) is 2.08. The van der Waals surface area contributed by atoms with Gasteiger partial charge in [-0.3, -0.25) is 14.4 Å². The molecule has 0 spiro atoms. The van der Waals surface area contributed by atoms with Crippen LogP contribution in [0.2, 0.25) is 0 Å². The quantitative estimate of drug-likeness (QED) is 0.615. The van der Waals surface area contributed by atoms with Gasteiger partial charge in [-0.15, -0.1) is 0 Å². The first-order valence-corrected chi connectivity index (χ1v) is 5.20. The number of amides is 3. The van der Waals surface area contributed by atoms with Crippen molar-refractivity contribution in [3.05, 3.63) is 0 Å². The van der Waals surface area contributed by atoms with Crippen LogP contribution in [0.3, 0.4) is 0 Å². The molecule has 1 heterocycles. The van der Waals surface area contributed by atoms with Crippen molar-refractivity contribution in [2.45, 2.75) is 40.5 Å². The molecule has 3 amide bonds. The lowest BCUT2D eigenvalue weighted by Crippen LogP contribution is -2.43. The van der Waals surface area contributed by atoms with E-state index in [2.05, 4.69) is 0 Å². The van der Waals surface area contributed by atoms with E-state index in [1.165, 1.54) is 0 Å². The lowest BCUT2D eigenvalue weighted by Gasteiger charge is -2.22. The lowest BCUT2D eigenvalue weighted by molar-refractivity contribution is -0.154. The van der Waals surface area contributed by atoms with Crippen molar-refractivity contribution in [1.29, 1.82) is 0 Å². The van der Waals surface area contributed by atoms with Crippen molar-refractivity contribution in [2.24, 2.45) is 11.3 Å². The summed E-state index contributed by atoms with van der Waals surface area (Å²) >= 11 is 0. The molecule has 1 saturated heterocycles. The minimum Gasteiger partial charge on any atom is -0.274 e. The van der Waals surface area contributed by atoms with E-state index >= 15 is 0 Å². The van der Waals surface area contributed by atoms with Crippen LogP contribution in [0.25, 0.3) is 0 Å². The van der Waals surface area contributed by atoms with Gasteiger partial charge in [-0.25, -0.2) is 4.90 Å². The molecule has 84 valence electrons. The van der Waals surface area contributed by atoms with Gasteiger partial charge in [0, 0.05) is 17.8 Å². The van der Waals surface area contributed by atoms with Gasteiger partial charge in [-0.05, 0) is 6.42 Å². The van der Waals surface area contributed by atoms with Gasteiger partial charge in [-0.2, -0.15) is 0 Å². The SMILES string of the molecule is CCC1CC(=O)N(C(=O)C(C)(C)C)C1=O. The summed E-state index contributed by atoms with van der Waals surface area (Å²) in [5.41, 5.74) is -0.687. The van der Waals surface area contributed by atoms with Crippen LogP contribution in [-0.4, -0.2) is 22.6 Å². The predicted octanol–water partition coefficient (Wildman–Crippen LogP) is 1.34. The number of nitrogens with zero attached hydrogens (tertiary/aromatic N) is 1. The van der Waals surface area contributed by atoms with E-state index in [0.29, 0.717) is 6.42 Å². The second-order valence-corrected chi connectivity index (χ2v) is 4.93. The molecule has 1 fully saturated rings. The number of carbonyl (C=O) groups is 3. The summed E-state index contributed by atoms with van der Waals surface area (Å²) < 4.78 is 0. The molecular weight excluding hydrogens is 194 g/mol. The van der Waals surface area contributed by atoms with Gasteiger partial charge in [0.25, 0.3) is 0 Å². The van der Waals surface area contributed by atoms with E-state index in [-0.39, 0.29) is 24.2 Å². The highest BCUT2D eigenvalue weighted by Crippen LogP contribution is 2.27. The molecule has 1 atom stereocenters. The number of rotatable bonds is 1. The van der Waals surface area contributed by atoms with Gasteiger partial charge in [0.15, 0.2) is 0 Å². The largest absolute Gasteiger partial charge is 0.274 e. The summed E-state index contributed by atoms with van der Waals surface area (Å²) in [4.78, 5) is 35.9. The van der Waals surface area contributed by atoms with Gasteiger partial charge < -0.3 is 0 Å². The first-order valence-electron chi connectivity index (χ1n) is 5.20. The van der Waals surface area contributed by atoms with E-state index in [1.807, 2.05) is 6.92 Å². The fraction of sp³-hybridized carbons (Fsp3) is 0.727. The smallest absolute Gasteiger partial charge is 0.241 e. The van der Waals surface area contributed by atoms with Crippen LogP contribution in [0.4, 0.5) is 0 Å². The second kappa shape index (κ2) is 3.76. The standard InChI is InChI=1S/C11H17NO3/c1-5-7-6-8(13)12(9(7)14)10(15)11(2,3)4/h7H,5-6H2,1-4H3. The highest BCUT2D eigenvalue weighted by atomic mass is 16.2. The first-order chi connectivity index (χ1) is 6.79. The Kier molecular flexibility index (Phi) is 2.98. The first kappa shape index (κ1) is 11.9. The minimum atomic E-state index is -0.687. The third-order valence-electron chi connectivity index (χ3n) is 2.58. The zero-order valence-electron chi connectivity index (χ0n) is 9.66. The molecule has 0 aliphatic carbocycles. The van der Waals surface area contributed by atoms with Crippen LogP contribution in [0.1, 0.15) is 40.5 Å². The molecular formula is C11H17NO3. The van der Waals surface area contributed by atoms with E-state index in [0.717, 1.165) is 4.90 Å². The fourth-order valence-electron chi connectivity index (χ4n) is 1.56. The molecule has 1 unspecified atom stereocenters. The molecule has 0 bridgehead atoms. The number of likely N-dealkylation sites (tertiary alicyclic amines) is 1. The fourth-order valence-corrected chi connectivity index (χ4v) is 1.56. The van der Waals surface area contributed by atoms with Gasteiger partial charge in [0.05, 0.1) is 0 Å². The Bertz CT molecular complexity index is 314. The summed E-state index contributed by atoms with van der Waals surface area (Å²) in [7, 11) is 0. The van der Waals surface area contributed by atoms with Crippen LogP contribution in [-0.2, 0) is 14.4 Å². The van der Waals surface area contributed by atoms with E-state index in [9.17, 15) is 14.4 Å².